The van der Waals surface area contributed by atoms with Crippen molar-refractivity contribution < 1.29 is 32.6 Å². The molecule has 0 amide bonds. The highest BCUT2D eigenvalue weighted by Gasteiger charge is 2.37. The Kier molecular flexibility index (Phi) is 4.56. The molecule has 0 bridgehead atoms. The molecule has 6 nitrogen and oxygen atoms in total. The highest BCUT2D eigenvalue weighted by atomic mass is 19.4. The Hall–Kier alpha value is -3.07. The van der Waals surface area contributed by atoms with Crippen molar-refractivity contribution in [3.63, 3.8) is 0 Å². The van der Waals surface area contributed by atoms with Crippen molar-refractivity contribution in [2.24, 2.45) is 0 Å². The van der Waals surface area contributed by atoms with E-state index in [-0.39, 0.29) is 24.3 Å². The van der Waals surface area contributed by atoms with Crippen molar-refractivity contribution in [3.8, 4) is 11.5 Å². The lowest BCUT2D eigenvalue weighted by molar-refractivity contribution is -0.274. The summed E-state index contributed by atoms with van der Waals surface area (Å²) in [6.07, 6.45) is -4.62. The minimum absolute atomic E-state index is 0.110. The van der Waals surface area contributed by atoms with E-state index in [2.05, 4.69) is 10.2 Å². The van der Waals surface area contributed by atoms with Gasteiger partial charge >= 0.3 is 6.36 Å². The van der Waals surface area contributed by atoms with Crippen LogP contribution in [0.1, 0.15) is 17.2 Å². The summed E-state index contributed by atoms with van der Waals surface area (Å²) in [5, 5.41) is 11.5. The Morgan fingerprint density at radius 2 is 1.92 bits per heavy atom. The van der Waals surface area contributed by atoms with Crippen molar-refractivity contribution in [3.05, 3.63) is 53.6 Å². The second-order valence-electron chi connectivity index (χ2n) is 5.58. The van der Waals surface area contributed by atoms with E-state index in [9.17, 15) is 27.9 Å². The number of nitrogens with one attached hydrogen (secondary N) is 1. The number of hydrogen-bond acceptors (Lipinski definition) is 6. The number of carbonyl (C=O) groups excluding carboxylic acids is 2. The number of hydrazine groups is 1. The number of alkyl halides is 3. The van der Waals surface area contributed by atoms with Crippen molar-refractivity contribution >= 4 is 17.8 Å². The van der Waals surface area contributed by atoms with Gasteiger partial charge in [0.1, 0.15) is 17.5 Å². The Morgan fingerprint density at radius 3 is 2.54 bits per heavy atom. The number of anilines is 1. The normalized spacial score (nSPS) is 16.8. The molecule has 1 aliphatic heterocycles. The summed E-state index contributed by atoms with van der Waals surface area (Å²) in [5.74, 6) is -1.25. The third kappa shape index (κ3) is 3.62. The molecule has 3 rings (SSSR count). The largest absolute Gasteiger partial charge is 0.573 e. The highest BCUT2D eigenvalue weighted by molar-refractivity contribution is 6.27. The van der Waals surface area contributed by atoms with Crippen LogP contribution < -0.4 is 10.2 Å². The average molecular weight is 366 g/mol. The highest BCUT2D eigenvalue weighted by Crippen LogP contribution is 2.39. The van der Waals surface area contributed by atoms with Crippen molar-refractivity contribution in [2.45, 2.75) is 18.9 Å². The third-order valence-electron chi connectivity index (χ3n) is 3.85. The third-order valence-corrected chi connectivity index (χ3v) is 3.85. The van der Waals surface area contributed by atoms with E-state index in [1.165, 1.54) is 23.2 Å². The molecule has 0 spiro atoms. The molecule has 136 valence electrons. The summed E-state index contributed by atoms with van der Waals surface area (Å²) in [6, 6.07) is 8.62. The number of aromatic hydroxyl groups is 1. The summed E-state index contributed by atoms with van der Waals surface area (Å²) >= 11 is 0. The fourth-order valence-electron chi connectivity index (χ4n) is 2.85. The molecule has 0 aliphatic carbocycles. The van der Waals surface area contributed by atoms with E-state index in [0.717, 1.165) is 12.1 Å². The van der Waals surface area contributed by atoms with Gasteiger partial charge in [0.25, 0.3) is 0 Å². The fraction of sp³-hybridized carbons (Fsp3) is 0.176. The van der Waals surface area contributed by atoms with Gasteiger partial charge in [-0.1, -0.05) is 12.1 Å². The number of Topliss-reactive ketones (excluding diaryl/α,β-unsaturated/α-hetero) is 1. The van der Waals surface area contributed by atoms with Crippen LogP contribution in [0.3, 0.4) is 0 Å². The molecule has 9 heteroatoms. The first-order valence-electron chi connectivity index (χ1n) is 7.47. The number of hydrogen-bond donors (Lipinski definition) is 2. The van der Waals surface area contributed by atoms with Crippen molar-refractivity contribution in [1.29, 1.82) is 0 Å². The topological polar surface area (TPSA) is 78.9 Å². The molecule has 2 aromatic carbocycles. The average Bonchev–Trinajstić information content (AvgIpc) is 2.94. The molecule has 0 fully saturated rings. The lowest BCUT2D eigenvalue weighted by Gasteiger charge is -2.24. The number of halogens is 3. The van der Waals surface area contributed by atoms with Gasteiger partial charge in [0.15, 0.2) is 6.29 Å². The number of ketones is 1. The lowest BCUT2D eigenvalue weighted by atomic mass is 10.0. The number of benzene rings is 2. The number of nitrogens with zero attached hydrogens (tertiary/aromatic N) is 1. The minimum atomic E-state index is -4.79. The SMILES string of the molecule is O=CC(=O)C1c2c(O)cccc2CN1Nc1ccc(OC(F)(F)F)cc1. The monoisotopic (exact) mass is 366 g/mol. The zero-order valence-electron chi connectivity index (χ0n) is 13.2. The van der Waals surface area contributed by atoms with Crippen LogP contribution in [0.5, 0.6) is 11.5 Å². The summed E-state index contributed by atoms with van der Waals surface area (Å²) in [7, 11) is 0. The lowest BCUT2D eigenvalue weighted by Crippen LogP contribution is -2.33. The summed E-state index contributed by atoms with van der Waals surface area (Å²) in [4.78, 5) is 23.0. The molecule has 1 aliphatic rings. The Labute approximate surface area is 145 Å². The van der Waals surface area contributed by atoms with Crippen LogP contribution in [0, 0.1) is 0 Å². The van der Waals surface area contributed by atoms with Crippen LogP contribution in [0.2, 0.25) is 0 Å². The van der Waals surface area contributed by atoms with Crippen LogP contribution in [-0.4, -0.2) is 28.5 Å². The van der Waals surface area contributed by atoms with Crippen LogP contribution in [0.4, 0.5) is 18.9 Å². The fourth-order valence-corrected chi connectivity index (χ4v) is 2.85. The van der Waals surface area contributed by atoms with Gasteiger partial charge in [-0.2, -0.15) is 0 Å². The van der Waals surface area contributed by atoms with E-state index >= 15 is 0 Å². The maximum absolute atomic E-state index is 12.2. The zero-order chi connectivity index (χ0) is 18.9. The molecule has 0 saturated heterocycles. The molecule has 0 radical (unpaired) electrons. The standard InChI is InChI=1S/C17H13F3N2O4/c18-17(19,20)26-12-6-4-11(5-7-12)21-22-8-10-2-1-3-13(24)15(10)16(22)14(25)9-23/h1-7,9,16,21,24H,8H2. The van der Waals surface area contributed by atoms with Crippen molar-refractivity contribution in [1.82, 2.24) is 5.01 Å². The van der Waals surface area contributed by atoms with Gasteiger partial charge in [-0.3, -0.25) is 9.59 Å². The maximum atomic E-state index is 12.2. The number of phenols is 1. The molecular formula is C17H13F3N2O4. The Balaban J connectivity index is 1.82. The molecule has 0 aromatic heterocycles. The van der Waals surface area contributed by atoms with E-state index in [1.807, 2.05) is 0 Å². The predicted molar refractivity (Wildman–Crippen MR) is 84.2 cm³/mol. The van der Waals surface area contributed by atoms with Gasteiger partial charge in [-0.25, -0.2) is 5.01 Å². The summed E-state index contributed by atoms with van der Waals surface area (Å²) in [5.41, 5.74) is 4.25. The smallest absolute Gasteiger partial charge is 0.508 e. The van der Waals surface area contributed by atoms with E-state index in [0.29, 0.717) is 16.8 Å². The maximum Gasteiger partial charge on any atom is 0.573 e. The number of carbonyl (C=O) groups is 2. The molecule has 1 unspecified atom stereocenters. The number of fused-ring (bicyclic) bond motifs is 1. The van der Waals surface area contributed by atoms with E-state index in [1.54, 1.807) is 12.1 Å². The van der Waals surface area contributed by atoms with E-state index < -0.39 is 18.2 Å². The van der Waals surface area contributed by atoms with Gasteiger partial charge < -0.3 is 15.3 Å². The van der Waals surface area contributed by atoms with Crippen LogP contribution >= 0.6 is 0 Å². The molecule has 2 aromatic rings. The van der Waals surface area contributed by atoms with E-state index in [4.69, 9.17) is 0 Å². The molecule has 1 atom stereocenters. The first-order chi connectivity index (χ1) is 12.3. The van der Waals surface area contributed by atoms with Crippen LogP contribution in [0.25, 0.3) is 0 Å². The number of aldehydes is 1. The molecule has 1 heterocycles. The zero-order valence-corrected chi connectivity index (χ0v) is 13.2. The number of rotatable bonds is 5. The molecular weight excluding hydrogens is 353 g/mol. The van der Waals surface area contributed by atoms with Gasteiger partial charge in [-0.15, -0.1) is 13.2 Å². The first-order valence-corrected chi connectivity index (χ1v) is 7.47. The minimum Gasteiger partial charge on any atom is -0.508 e. The number of phenolic OH excluding ortho intramolecular Hbond substituents is 1. The second kappa shape index (κ2) is 6.68. The molecule has 2 N–H and O–H groups in total. The first kappa shape index (κ1) is 17.7. The van der Waals surface area contributed by atoms with Gasteiger partial charge in [0.2, 0.25) is 5.78 Å². The Bertz CT molecular complexity index is 837. The number of ether oxygens (including phenoxy) is 1. The van der Waals surface area contributed by atoms with Crippen LogP contribution in [-0.2, 0) is 16.1 Å². The quantitative estimate of drug-likeness (QED) is 0.626. The predicted octanol–water partition coefficient (Wildman–Crippen LogP) is 2.94. The van der Waals surface area contributed by atoms with Gasteiger partial charge in [0, 0.05) is 17.8 Å². The summed E-state index contributed by atoms with van der Waals surface area (Å²) < 4.78 is 40.4. The van der Waals surface area contributed by atoms with Gasteiger partial charge in [0.05, 0.1) is 0 Å². The molecule has 0 saturated carbocycles. The molecule has 26 heavy (non-hydrogen) atoms. The van der Waals surface area contributed by atoms with Gasteiger partial charge in [-0.05, 0) is 35.9 Å². The second-order valence-corrected chi connectivity index (χ2v) is 5.58. The van der Waals surface area contributed by atoms with Crippen molar-refractivity contribution in [2.75, 3.05) is 5.43 Å². The summed E-state index contributed by atoms with van der Waals surface area (Å²) in [6.45, 7) is 0.217. The van der Waals surface area contributed by atoms with Crippen LogP contribution in [0.15, 0.2) is 42.5 Å². The Morgan fingerprint density at radius 1 is 1.23 bits per heavy atom.